The average Bonchev–Trinajstić information content (AvgIpc) is 3.14. The number of aromatic nitrogens is 4. The van der Waals surface area contributed by atoms with E-state index in [-0.39, 0.29) is 6.54 Å². The van der Waals surface area contributed by atoms with E-state index >= 15 is 0 Å². The van der Waals surface area contributed by atoms with Crippen LogP contribution < -0.4 is 5.32 Å². The van der Waals surface area contributed by atoms with Crippen LogP contribution in [0.1, 0.15) is 21.5 Å². The van der Waals surface area contributed by atoms with Gasteiger partial charge in [0, 0.05) is 12.1 Å². The molecule has 1 aromatic heterocycles. The summed E-state index contributed by atoms with van der Waals surface area (Å²) in [4.78, 5) is 12.2. The highest BCUT2D eigenvalue weighted by molar-refractivity contribution is 5.94. The second-order valence-corrected chi connectivity index (χ2v) is 5.19. The molecule has 0 radical (unpaired) electrons. The van der Waals surface area contributed by atoms with Crippen LogP contribution in [0.25, 0.3) is 5.69 Å². The Hall–Kier alpha value is -3.23. The third-order valence-electron chi connectivity index (χ3n) is 3.43. The van der Waals surface area contributed by atoms with Crippen molar-refractivity contribution in [3.8, 4) is 5.69 Å². The van der Waals surface area contributed by atoms with Gasteiger partial charge in [-0.05, 0) is 46.3 Å². The summed E-state index contributed by atoms with van der Waals surface area (Å²) in [6.07, 6.45) is -3.03. The summed E-state index contributed by atoms with van der Waals surface area (Å²) in [6, 6.07) is 11.4. The van der Waals surface area contributed by atoms with Crippen LogP contribution in [0.15, 0.2) is 54.9 Å². The Labute approximate surface area is 140 Å². The topological polar surface area (TPSA) is 72.7 Å². The van der Waals surface area contributed by atoms with Crippen molar-refractivity contribution < 1.29 is 18.0 Å². The van der Waals surface area contributed by atoms with Crippen LogP contribution in [-0.2, 0) is 12.7 Å². The summed E-state index contributed by atoms with van der Waals surface area (Å²) in [7, 11) is 0. The Balaban J connectivity index is 1.70. The first-order valence-corrected chi connectivity index (χ1v) is 7.21. The van der Waals surface area contributed by atoms with Crippen molar-refractivity contribution in [1.82, 2.24) is 25.5 Å². The zero-order chi connectivity index (χ0) is 17.9. The number of nitrogens with zero attached hydrogens (tertiary/aromatic N) is 4. The minimum atomic E-state index is -4.42. The number of hydrogen-bond donors (Lipinski definition) is 1. The molecular formula is C16H12F3N5O. The Morgan fingerprint density at radius 1 is 1.12 bits per heavy atom. The van der Waals surface area contributed by atoms with Gasteiger partial charge in [-0.25, -0.2) is 4.68 Å². The van der Waals surface area contributed by atoms with E-state index in [1.165, 1.54) is 23.1 Å². The Kier molecular flexibility index (Phi) is 4.46. The van der Waals surface area contributed by atoms with Gasteiger partial charge in [0.1, 0.15) is 6.33 Å². The molecule has 0 unspecified atom stereocenters. The molecule has 0 atom stereocenters. The second-order valence-electron chi connectivity index (χ2n) is 5.19. The zero-order valence-electron chi connectivity index (χ0n) is 12.7. The highest BCUT2D eigenvalue weighted by Crippen LogP contribution is 2.29. The lowest BCUT2D eigenvalue weighted by Gasteiger charge is -2.10. The molecule has 0 bridgehead atoms. The van der Waals surface area contributed by atoms with E-state index < -0.39 is 17.6 Å². The second kappa shape index (κ2) is 6.71. The molecule has 25 heavy (non-hydrogen) atoms. The van der Waals surface area contributed by atoms with Gasteiger partial charge in [0.15, 0.2) is 0 Å². The maximum atomic E-state index is 12.7. The standard InChI is InChI=1S/C16H12F3N5O/c17-16(18,19)13-5-1-3-11(7-13)9-20-15(25)12-4-2-6-14(8-12)24-10-21-22-23-24/h1-8,10H,9H2,(H,20,25). The van der Waals surface area contributed by atoms with Crippen LogP contribution in [-0.4, -0.2) is 26.1 Å². The van der Waals surface area contributed by atoms with Crippen LogP contribution in [0.2, 0.25) is 0 Å². The van der Waals surface area contributed by atoms with Crippen LogP contribution >= 0.6 is 0 Å². The molecule has 0 fully saturated rings. The lowest BCUT2D eigenvalue weighted by atomic mass is 10.1. The van der Waals surface area contributed by atoms with Gasteiger partial charge in [-0.1, -0.05) is 18.2 Å². The summed E-state index contributed by atoms with van der Waals surface area (Å²) in [6.45, 7) is -0.0160. The lowest BCUT2D eigenvalue weighted by molar-refractivity contribution is -0.137. The third-order valence-corrected chi connectivity index (χ3v) is 3.43. The number of carbonyl (C=O) groups excluding carboxylic acids is 1. The molecule has 0 aliphatic heterocycles. The largest absolute Gasteiger partial charge is 0.416 e. The van der Waals surface area contributed by atoms with Crippen molar-refractivity contribution in [3.63, 3.8) is 0 Å². The van der Waals surface area contributed by atoms with E-state index in [1.807, 2.05) is 0 Å². The van der Waals surface area contributed by atoms with Gasteiger partial charge in [-0.2, -0.15) is 13.2 Å². The molecule has 128 valence electrons. The Morgan fingerprint density at radius 2 is 1.92 bits per heavy atom. The average molecular weight is 347 g/mol. The van der Waals surface area contributed by atoms with E-state index in [9.17, 15) is 18.0 Å². The van der Waals surface area contributed by atoms with E-state index in [1.54, 1.807) is 24.3 Å². The van der Waals surface area contributed by atoms with E-state index in [4.69, 9.17) is 0 Å². The fraction of sp³-hybridized carbons (Fsp3) is 0.125. The molecule has 0 saturated heterocycles. The number of nitrogens with one attached hydrogen (secondary N) is 1. The van der Waals surface area contributed by atoms with Crippen LogP contribution in [0, 0.1) is 0 Å². The molecule has 1 heterocycles. The number of tetrazole rings is 1. The van der Waals surface area contributed by atoms with Gasteiger partial charge in [-0.15, -0.1) is 5.10 Å². The summed E-state index contributed by atoms with van der Waals surface area (Å²) >= 11 is 0. The highest BCUT2D eigenvalue weighted by Gasteiger charge is 2.30. The van der Waals surface area contributed by atoms with Gasteiger partial charge in [-0.3, -0.25) is 4.79 Å². The number of alkyl halides is 3. The predicted molar refractivity (Wildman–Crippen MR) is 81.8 cm³/mol. The van der Waals surface area contributed by atoms with Crippen molar-refractivity contribution in [1.29, 1.82) is 0 Å². The number of hydrogen-bond acceptors (Lipinski definition) is 4. The van der Waals surface area contributed by atoms with Gasteiger partial charge in [0.25, 0.3) is 5.91 Å². The van der Waals surface area contributed by atoms with Gasteiger partial charge in [0.05, 0.1) is 11.3 Å². The third kappa shape index (κ3) is 4.00. The van der Waals surface area contributed by atoms with Gasteiger partial charge in [0.2, 0.25) is 0 Å². The number of carbonyl (C=O) groups is 1. The van der Waals surface area contributed by atoms with Gasteiger partial charge < -0.3 is 5.32 Å². The van der Waals surface area contributed by atoms with Crippen molar-refractivity contribution in [3.05, 3.63) is 71.5 Å². The first-order chi connectivity index (χ1) is 11.9. The Morgan fingerprint density at radius 3 is 2.64 bits per heavy atom. The maximum Gasteiger partial charge on any atom is 0.416 e. The molecule has 6 nitrogen and oxygen atoms in total. The molecule has 1 amide bonds. The number of amides is 1. The molecule has 0 saturated carbocycles. The lowest BCUT2D eigenvalue weighted by Crippen LogP contribution is -2.23. The first kappa shape index (κ1) is 16.6. The minimum Gasteiger partial charge on any atom is -0.348 e. The number of halogens is 3. The van der Waals surface area contributed by atoms with Crippen molar-refractivity contribution in [2.45, 2.75) is 12.7 Å². The number of benzene rings is 2. The summed E-state index contributed by atoms with van der Waals surface area (Å²) < 4.78 is 39.5. The maximum absolute atomic E-state index is 12.7. The van der Waals surface area contributed by atoms with Crippen molar-refractivity contribution >= 4 is 5.91 Å². The van der Waals surface area contributed by atoms with E-state index in [0.29, 0.717) is 16.8 Å². The molecule has 2 aromatic carbocycles. The quantitative estimate of drug-likeness (QED) is 0.787. The Bertz CT molecular complexity index is 877. The van der Waals surface area contributed by atoms with E-state index in [2.05, 4.69) is 20.8 Å². The molecule has 0 aliphatic rings. The molecule has 1 N–H and O–H groups in total. The summed E-state index contributed by atoms with van der Waals surface area (Å²) in [5.74, 6) is -0.410. The van der Waals surface area contributed by atoms with Crippen molar-refractivity contribution in [2.24, 2.45) is 0 Å². The van der Waals surface area contributed by atoms with Crippen LogP contribution in [0.5, 0.6) is 0 Å². The normalized spacial score (nSPS) is 11.3. The fourth-order valence-corrected chi connectivity index (χ4v) is 2.21. The monoisotopic (exact) mass is 347 g/mol. The van der Waals surface area contributed by atoms with Crippen molar-refractivity contribution in [2.75, 3.05) is 0 Å². The van der Waals surface area contributed by atoms with Crippen LogP contribution in [0.3, 0.4) is 0 Å². The predicted octanol–water partition coefficient (Wildman–Crippen LogP) is 2.61. The zero-order valence-corrected chi connectivity index (χ0v) is 12.7. The summed E-state index contributed by atoms with van der Waals surface area (Å²) in [5, 5.41) is 13.4. The SMILES string of the molecule is O=C(NCc1cccc(C(F)(F)F)c1)c1cccc(-n2cnnn2)c1. The number of rotatable bonds is 4. The fourth-order valence-electron chi connectivity index (χ4n) is 2.21. The molecular weight excluding hydrogens is 335 g/mol. The molecule has 3 aromatic rings. The van der Waals surface area contributed by atoms with Gasteiger partial charge >= 0.3 is 6.18 Å². The van der Waals surface area contributed by atoms with E-state index in [0.717, 1.165) is 12.1 Å². The highest BCUT2D eigenvalue weighted by atomic mass is 19.4. The first-order valence-electron chi connectivity index (χ1n) is 7.21. The smallest absolute Gasteiger partial charge is 0.348 e. The molecule has 0 spiro atoms. The van der Waals surface area contributed by atoms with Crippen LogP contribution in [0.4, 0.5) is 13.2 Å². The molecule has 0 aliphatic carbocycles. The molecule has 3 rings (SSSR count). The minimum absolute atomic E-state index is 0.0160. The molecule has 9 heteroatoms. The summed E-state index contributed by atoms with van der Waals surface area (Å²) in [5.41, 5.74) is 0.552.